The van der Waals surface area contributed by atoms with Crippen molar-refractivity contribution in [3.8, 4) is 22.6 Å². The number of hydrogen-bond acceptors (Lipinski definition) is 8. The molecule has 0 fully saturated rings. The molecule has 0 aliphatic heterocycles. The Balaban J connectivity index is 1.62. The van der Waals surface area contributed by atoms with Crippen molar-refractivity contribution >= 4 is 39.6 Å². The van der Waals surface area contributed by atoms with Gasteiger partial charge < -0.3 is 16.5 Å². The van der Waals surface area contributed by atoms with Gasteiger partial charge in [0.1, 0.15) is 16.7 Å². The van der Waals surface area contributed by atoms with Crippen molar-refractivity contribution < 1.29 is 9.59 Å². The van der Waals surface area contributed by atoms with E-state index in [1.807, 2.05) is 12.1 Å². The van der Waals surface area contributed by atoms with Gasteiger partial charge in [0, 0.05) is 43.2 Å². The Morgan fingerprint density at radius 3 is 2.68 bits per heavy atom. The summed E-state index contributed by atoms with van der Waals surface area (Å²) in [7, 11) is 1.54. The van der Waals surface area contributed by atoms with Crippen molar-refractivity contribution in [3.63, 3.8) is 0 Å². The minimum Gasteiger partial charge on any atom is -0.355 e. The molecular weight excluding hydrogens is 436 g/mol. The third-order valence-corrected chi connectivity index (χ3v) is 5.38. The van der Waals surface area contributed by atoms with Crippen LogP contribution in [0.1, 0.15) is 23.7 Å². The summed E-state index contributed by atoms with van der Waals surface area (Å²) in [5, 5.41) is 13.3. The number of H-pyrrole nitrogens is 1. The van der Waals surface area contributed by atoms with Gasteiger partial charge in [-0.15, -0.1) is 0 Å². The molecule has 5 N–H and O–H groups in total. The van der Waals surface area contributed by atoms with E-state index < -0.39 is 0 Å². The molecule has 0 aromatic carbocycles. The zero-order valence-corrected chi connectivity index (χ0v) is 18.3. The normalized spacial score (nSPS) is 11.1. The van der Waals surface area contributed by atoms with E-state index in [9.17, 15) is 9.59 Å². The number of amides is 2. The first-order valence-electron chi connectivity index (χ1n) is 10.4. The Kier molecular flexibility index (Phi) is 5.09. The van der Waals surface area contributed by atoms with Gasteiger partial charge in [-0.05, 0) is 12.1 Å². The van der Waals surface area contributed by atoms with Gasteiger partial charge in [-0.2, -0.15) is 5.10 Å². The highest BCUT2D eigenvalue weighted by Gasteiger charge is 2.21. The molecule has 0 spiro atoms. The molecule has 0 aliphatic rings. The summed E-state index contributed by atoms with van der Waals surface area (Å²) in [4.78, 5) is 41.4. The Morgan fingerprint density at radius 2 is 1.88 bits per heavy atom. The fraction of sp³-hybridized carbons (Fsp3) is 0.136. The van der Waals surface area contributed by atoms with Crippen LogP contribution in [-0.4, -0.2) is 53.7 Å². The molecule has 0 saturated heterocycles. The molecule has 0 unspecified atom stereocenters. The average molecular weight is 456 g/mol. The second-order valence-electron chi connectivity index (χ2n) is 7.50. The summed E-state index contributed by atoms with van der Waals surface area (Å²) in [6, 6.07) is 3.71. The van der Waals surface area contributed by atoms with Gasteiger partial charge in [0.15, 0.2) is 11.5 Å². The number of rotatable bonds is 5. The minimum atomic E-state index is -0.318. The molecule has 0 radical (unpaired) electrons. The number of nitrogens with zero attached hydrogens (tertiary/aromatic N) is 6. The van der Waals surface area contributed by atoms with E-state index in [0.717, 1.165) is 11.1 Å². The maximum Gasteiger partial charge on any atom is 0.254 e. The van der Waals surface area contributed by atoms with E-state index in [-0.39, 0.29) is 11.8 Å². The zero-order valence-electron chi connectivity index (χ0n) is 18.3. The number of anilines is 1. The molecule has 5 rings (SSSR count). The summed E-state index contributed by atoms with van der Waals surface area (Å²) in [6.45, 7) is 1.78. The molecule has 5 aromatic rings. The summed E-state index contributed by atoms with van der Waals surface area (Å²) >= 11 is 0. The third-order valence-electron chi connectivity index (χ3n) is 5.38. The van der Waals surface area contributed by atoms with E-state index in [2.05, 4.69) is 40.8 Å². The van der Waals surface area contributed by atoms with Gasteiger partial charge in [0.05, 0.1) is 29.0 Å². The molecule has 0 bridgehead atoms. The van der Waals surface area contributed by atoms with Crippen molar-refractivity contribution in [1.82, 2.24) is 40.1 Å². The molecule has 0 atom stereocenters. The number of pyridine rings is 3. The summed E-state index contributed by atoms with van der Waals surface area (Å²) in [5.41, 5.74) is 4.34. The largest absolute Gasteiger partial charge is 0.355 e. The van der Waals surface area contributed by atoms with E-state index >= 15 is 0 Å². The Bertz CT molecular complexity index is 1570. The van der Waals surface area contributed by atoms with Crippen molar-refractivity contribution in [2.45, 2.75) is 13.3 Å². The second-order valence-corrected chi connectivity index (χ2v) is 7.50. The van der Waals surface area contributed by atoms with Crippen LogP contribution in [0, 0.1) is 0 Å². The first kappa shape index (κ1) is 21.0. The number of nitrogens with one attached hydrogen (secondary N) is 3. The van der Waals surface area contributed by atoms with Gasteiger partial charge >= 0.3 is 0 Å². The quantitative estimate of drug-likeness (QED) is 0.290. The molecule has 170 valence electrons. The number of fused-ring (bicyclic) bond motifs is 2. The summed E-state index contributed by atoms with van der Waals surface area (Å²) in [6.07, 6.45) is 8.31. The van der Waals surface area contributed by atoms with Gasteiger partial charge in [0.25, 0.3) is 5.91 Å². The lowest BCUT2D eigenvalue weighted by atomic mass is 10.1. The van der Waals surface area contributed by atoms with E-state index in [1.165, 1.54) is 17.9 Å². The maximum absolute atomic E-state index is 12.3. The van der Waals surface area contributed by atoms with Crippen LogP contribution in [0.3, 0.4) is 0 Å². The van der Waals surface area contributed by atoms with Crippen molar-refractivity contribution in [2.24, 2.45) is 0 Å². The van der Waals surface area contributed by atoms with Crippen LogP contribution in [0.25, 0.3) is 44.7 Å². The number of aromatic amines is 1. The average Bonchev–Trinajstić information content (AvgIpc) is 3.43. The number of imidazole rings is 1. The highest BCUT2D eigenvalue weighted by Crippen LogP contribution is 2.31. The van der Waals surface area contributed by atoms with Crippen molar-refractivity contribution in [2.75, 3.05) is 18.2 Å². The molecule has 0 aliphatic carbocycles. The minimum absolute atomic E-state index is 0.0999. The van der Waals surface area contributed by atoms with Crippen LogP contribution in [0.5, 0.6) is 0 Å². The molecule has 2 amide bonds. The van der Waals surface area contributed by atoms with Gasteiger partial charge in [-0.1, -0.05) is 6.92 Å². The topological polar surface area (TPSA) is 169 Å². The molecule has 5 heterocycles. The highest BCUT2D eigenvalue weighted by molar-refractivity contribution is 6.05. The van der Waals surface area contributed by atoms with Gasteiger partial charge in [0.2, 0.25) is 5.91 Å². The van der Waals surface area contributed by atoms with Gasteiger partial charge in [-0.3, -0.25) is 24.7 Å². The number of nitrogens with two attached hydrogens (primary N) is 1. The lowest BCUT2D eigenvalue weighted by Gasteiger charge is -2.06. The predicted molar refractivity (Wildman–Crippen MR) is 126 cm³/mol. The highest BCUT2D eigenvalue weighted by atomic mass is 16.2. The first-order chi connectivity index (χ1) is 16.5. The number of nitrogen functional groups attached to an aromatic ring is 1. The van der Waals surface area contributed by atoms with Crippen LogP contribution in [-0.2, 0) is 4.79 Å². The van der Waals surface area contributed by atoms with Crippen molar-refractivity contribution in [3.05, 3.63) is 48.7 Å². The molecule has 0 saturated carbocycles. The van der Waals surface area contributed by atoms with Gasteiger partial charge in [-0.25, -0.2) is 14.6 Å². The predicted octanol–water partition coefficient (Wildman–Crippen LogP) is 1.85. The third kappa shape index (κ3) is 3.46. The maximum atomic E-state index is 12.3. The lowest BCUT2D eigenvalue weighted by Crippen LogP contribution is -2.18. The monoisotopic (exact) mass is 456 g/mol. The Morgan fingerprint density at radius 1 is 1.09 bits per heavy atom. The van der Waals surface area contributed by atoms with Crippen LogP contribution in [0.4, 0.5) is 5.69 Å². The van der Waals surface area contributed by atoms with Crippen molar-refractivity contribution in [1.29, 1.82) is 0 Å². The second kappa shape index (κ2) is 8.24. The number of carbonyl (C=O) groups is 2. The van der Waals surface area contributed by atoms with Crippen LogP contribution >= 0.6 is 0 Å². The smallest absolute Gasteiger partial charge is 0.254 e. The number of carbonyl (C=O) groups excluding carboxylic acids is 2. The van der Waals surface area contributed by atoms with Crippen LogP contribution in [0.15, 0.2) is 43.1 Å². The van der Waals surface area contributed by atoms with E-state index in [1.54, 1.807) is 31.7 Å². The Labute approximate surface area is 192 Å². The molecular formula is C22H20N10O2. The zero-order chi connectivity index (χ0) is 23.8. The van der Waals surface area contributed by atoms with E-state index in [0.29, 0.717) is 51.3 Å². The van der Waals surface area contributed by atoms with Crippen LogP contribution in [0.2, 0.25) is 0 Å². The Hall–Kier alpha value is -4.87. The SMILES string of the molecule is CCC(=O)Nc1cncc(-c2cnc3[nH]nc(-c4nc5c(C(=O)NC)cncc5n4N)c3c2)c1. The summed E-state index contributed by atoms with van der Waals surface area (Å²) in [5.74, 6) is 6.25. The van der Waals surface area contributed by atoms with E-state index in [4.69, 9.17) is 5.84 Å². The molecule has 12 nitrogen and oxygen atoms in total. The van der Waals surface area contributed by atoms with Crippen LogP contribution < -0.4 is 16.5 Å². The molecule has 12 heteroatoms. The molecule has 5 aromatic heterocycles. The summed E-state index contributed by atoms with van der Waals surface area (Å²) < 4.78 is 1.35. The fourth-order valence-corrected chi connectivity index (χ4v) is 3.63. The fourth-order valence-electron chi connectivity index (χ4n) is 3.63. The first-order valence-corrected chi connectivity index (χ1v) is 10.4. The standard InChI is InChI=1S/C22H20N10O2/c1-3-17(33)28-13-4-11(6-25-8-13)12-5-14-19(30-31-20(14)27-7-12)21-29-18-15(22(34)24-2)9-26-10-16(18)32(21)23/h4-10H,3,23H2,1-2H3,(H,24,34)(H,28,33)(H,27,30,31). The molecule has 34 heavy (non-hydrogen) atoms. The lowest BCUT2D eigenvalue weighted by molar-refractivity contribution is -0.115. The number of aromatic nitrogens is 7. The number of hydrogen-bond donors (Lipinski definition) is 4.